The van der Waals surface area contributed by atoms with Gasteiger partial charge in [-0.2, -0.15) is 0 Å². The largest absolute Gasteiger partial charge is 0.478 e. The Morgan fingerprint density at radius 1 is 1.20 bits per heavy atom. The van der Waals surface area contributed by atoms with Crippen molar-refractivity contribution in [2.45, 2.75) is 0 Å². The summed E-state index contributed by atoms with van der Waals surface area (Å²) in [6.07, 6.45) is -0.479. The zero-order chi connectivity index (χ0) is 14.9. The first-order chi connectivity index (χ1) is 9.40. The van der Waals surface area contributed by atoms with E-state index in [2.05, 4.69) is 15.9 Å². The highest BCUT2D eigenvalue weighted by Crippen LogP contribution is 2.33. The number of fused-ring (bicyclic) bond motifs is 1. The summed E-state index contributed by atoms with van der Waals surface area (Å²) in [7, 11) is 3.19. The number of halogens is 1. The zero-order valence-electron chi connectivity index (χ0n) is 10.9. The fourth-order valence-corrected chi connectivity index (χ4v) is 2.24. The molecule has 0 atom stereocenters. The number of benzene rings is 2. The molecule has 0 heterocycles. The molecule has 0 aliphatic rings. The topological polar surface area (TPSA) is 66.8 Å². The molecule has 0 spiro atoms. The molecule has 0 aromatic heterocycles. The van der Waals surface area contributed by atoms with E-state index in [-0.39, 0.29) is 5.56 Å². The number of nitrogens with zero attached hydrogens (tertiary/aromatic N) is 1. The molecule has 0 aliphatic carbocycles. The Bertz CT molecular complexity index is 697. The van der Waals surface area contributed by atoms with Crippen molar-refractivity contribution in [2.24, 2.45) is 0 Å². The summed E-state index contributed by atoms with van der Waals surface area (Å²) in [6, 6.07) is 8.09. The number of carbonyl (C=O) groups is 2. The first kappa shape index (κ1) is 14.3. The number of rotatable bonds is 2. The second-order valence-electron chi connectivity index (χ2n) is 4.38. The lowest BCUT2D eigenvalue weighted by Crippen LogP contribution is -2.25. The lowest BCUT2D eigenvalue weighted by Gasteiger charge is -2.13. The Labute approximate surface area is 123 Å². The van der Waals surface area contributed by atoms with Crippen LogP contribution in [0.4, 0.5) is 4.79 Å². The maximum Gasteiger partial charge on any atom is 0.414 e. The van der Waals surface area contributed by atoms with Crippen LogP contribution >= 0.6 is 15.9 Å². The monoisotopic (exact) mass is 337 g/mol. The van der Waals surface area contributed by atoms with E-state index in [1.54, 1.807) is 38.4 Å². The first-order valence-electron chi connectivity index (χ1n) is 5.75. The molecule has 0 unspecified atom stereocenters. The Morgan fingerprint density at radius 2 is 1.90 bits per heavy atom. The maximum absolute atomic E-state index is 11.5. The highest BCUT2D eigenvalue weighted by molar-refractivity contribution is 9.10. The Kier molecular flexibility index (Phi) is 3.94. The SMILES string of the molecule is CN(C)C(=O)Oc1ccc2cc(C(=O)O)ccc2c1Br. The number of ether oxygens (including phenoxy) is 1. The Hall–Kier alpha value is -2.08. The molecular formula is C14H12BrNO4. The highest BCUT2D eigenvalue weighted by Gasteiger charge is 2.13. The number of carboxylic acid groups (broad SMARTS) is 1. The fourth-order valence-electron chi connectivity index (χ4n) is 1.67. The molecule has 1 N–H and O–H groups in total. The maximum atomic E-state index is 11.5. The second kappa shape index (κ2) is 5.50. The quantitative estimate of drug-likeness (QED) is 0.912. The number of amides is 1. The average Bonchev–Trinajstić information content (AvgIpc) is 2.41. The van der Waals surface area contributed by atoms with Crippen molar-refractivity contribution in [3.8, 4) is 5.75 Å². The normalized spacial score (nSPS) is 10.3. The van der Waals surface area contributed by atoms with Crippen molar-refractivity contribution in [3.63, 3.8) is 0 Å². The van der Waals surface area contributed by atoms with Crippen LogP contribution in [0.3, 0.4) is 0 Å². The molecule has 0 bridgehead atoms. The van der Waals surface area contributed by atoms with Crippen LogP contribution in [-0.4, -0.2) is 36.2 Å². The summed E-state index contributed by atoms with van der Waals surface area (Å²) >= 11 is 3.38. The van der Waals surface area contributed by atoms with Crippen LogP contribution in [0, 0.1) is 0 Å². The van der Waals surface area contributed by atoms with Crippen LogP contribution in [0.15, 0.2) is 34.8 Å². The van der Waals surface area contributed by atoms with Crippen LogP contribution in [0.2, 0.25) is 0 Å². The van der Waals surface area contributed by atoms with Gasteiger partial charge in [-0.05, 0) is 44.9 Å². The van der Waals surface area contributed by atoms with Gasteiger partial charge in [-0.3, -0.25) is 0 Å². The van der Waals surface area contributed by atoms with E-state index < -0.39 is 12.1 Å². The third-order valence-corrected chi connectivity index (χ3v) is 3.55. The van der Waals surface area contributed by atoms with Crippen LogP contribution in [-0.2, 0) is 0 Å². The van der Waals surface area contributed by atoms with Gasteiger partial charge < -0.3 is 14.7 Å². The van der Waals surface area contributed by atoms with Gasteiger partial charge in [-0.15, -0.1) is 0 Å². The third-order valence-electron chi connectivity index (χ3n) is 2.73. The van der Waals surface area contributed by atoms with E-state index >= 15 is 0 Å². The summed E-state index contributed by atoms with van der Waals surface area (Å²) in [6.45, 7) is 0. The van der Waals surface area contributed by atoms with E-state index in [1.807, 2.05) is 0 Å². The van der Waals surface area contributed by atoms with Crippen LogP contribution < -0.4 is 4.74 Å². The molecule has 2 aromatic carbocycles. The van der Waals surface area contributed by atoms with Crippen molar-refractivity contribution in [3.05, 3.63) is 40.4 Å². The molecule has 1 amide bonds. The van der Waals surface area contributed by atoms with Gasteiger partial charge in [0.25, 0.3) is 0 Å². The van der Waals surface area contributed by atoms with Crippen molar-refractivity contribution in [1.82, 2.24) is 4.90 Å². The molecule has 0 saturated carbocycles. The number of hydrogen-bond acceptors (Lipinski definition) is 3. The van der Waals surface area contributed by atoms with Crippen molar-refractivity contribution in [2.75, 3.05) is 14.1 Å². The molecule has 104 valence electrons. The molecule has 20 heavy (non-hydrogen) atoms. The minimum atomic E-state index is -0.980. The molecule has 2 aromatic rings. The van der Waals surface area contributed by atoms with Gasteiger partial charge in [0.15, 0.2) is 0 Å². The van der Waals surface area contributed by atoms with Crippen molar-refractivity contribution >= 4 is 38.8 Å². The highest BCUT2D eigenvalue weighted by atomic mass is 79.9. The van der Waals surface area contributed by atoms with Crippen LogP contribution in [0.25, 0.3) is 10.8 Å². The second-order valence-corrected chi connectivity index (χ2v) is 5.17. The van der Waals surface area contributed by atoms with Crippen LogP contribution in [0.5, 0.6) is 5.75 Å². The van der Waals surface area contributed by atoms with E-state index in [0.717, 1.165) is 10.8 Å². The fraction of sp³-hybridized carbons (Fsp3) is 0.143. The predicted octanol–water partition coefficient (Wildman–Crippen LogP) is 3.36. The predicted molar refractivity (Wildman–Crippen MR) is 78.3 cm³/mol. The standard InChI is InChI=1S/C14H12BrNO4/c1-16(2)14(19)20-11-6-4-8-7-9(13(17)18)3-5-10(8)12(11)15/h3-7H,1-2H3,(H,17,18). The van der Waals surface area contributed by atoms with Gasteiger partial charge in [0.05, 0.1) is 10.0 Å². The summed E-state index contributed by atoms with van der Waals surface area (Å²) < 4.78 is 5.83. The molecule has 5 nitrogen and oxygen atoms in total. The van der Waals surface area contributed by atoms with Gasteiger partial charge in [0.2, 0.25) is 0 Å². The number of carboxylic acids is 1. The molecule has 6 heteroatoms. The van der Waals surface area contributed by atoms with E-state index in [9.17, 15) is 9.59 Å². The van der Waals surface area contributed by atoms with E-state index in [4.69, 9.17) is 9.84 Å². The molecule has 0 radical (unpaired) electrons. The lowest BCUT2D eigenvalue weighted by molar-refractivity contribution is 0.0697. The number of hydrogen-bond donors (Lipinski definition) is 1. The average molecular weight is 338 g/mol. The molecule has 0 fully saturated rings. The van der Waals surface area contributed by atoms with Crippen molar-refractivity contribution in [1.29, 1.82) is 0 Å². The van der Waals surface area contributed by atoms with Gasteiger partial charge in [0.1, 0.15) is 5.75 Å². The summed E-state index contributed by atoms with van der Waals surface area (Å²) in [4.78, 5) is 23.8. The Morgan fingerprint density at radius 3 is 2.50 bits per heavy atom. The third kappa shape index (κ3) is 2.75. The molecular weight excluding hydrogens is 326 g/mol. The smallest absolute Gasteiger partial charge is 0.414 e. The minimum absolute atomic E-state index is 0.211. The lowest BCUT2D eigenvalue weighted by atomic mass is 10.1. The summed E-state index contributed by atoms with van der Waals surface area (Å²) in [5, 5.41) is 10.5. The van der Waals surface area contributed by atoms with Gasteiger partial charge >= 0.3 is 12.1 Å². The minimum Gasteiger partial charge on any atom is -0.478 e. The van der Waals surface area contributed by atoms with Gasteiger partial charge in [-0.25, -0.2) is 9.59 Å². The number of aromatic carboxylic acids is 1. The van der Waals surface area contributed by atoms with Crippen molar-refractivity contribution < 1.29 is 19.4 Å². The number of carbonyl (C=O) groups excluding carboxylic acids is 1. The van der Waals surface area contributed by atoms with Gasteiger partial charge in [-0.1, -0.05) is 12.1 Å². The first-order valence-corrected chi connectivity index (χ1v) is 6.54. The molecule has 0 aliphatic heterocycles. The zero-order valence-corrected chi connectivity index (χ0v) is 12.5. The summed E-state index contributed by atoms with van der Waals surface area (Å²) in [5.74, 6) is -0.592. The Balaban J connectivity index is 2.46. The summed E-state index contributed by atoms with van der Waals surface area (Å²) in [5.41, 5.74) is 0.211. The van der Waals surface area contributed by atoms with E-state index in [1.165, 1.54) is 11.0 Å². The van der Waals surface area contributed by atoms with Crippen LogP contribution in [0.1, 0.15) is 10.4 Å². The molecule has 0 saturated heterocycles. The van der Waals surface area contributed by atoms with Gasteiger partial charge in [0, 0.05) is 14.1 Å². The molecule has 2 rings (SSSR count). The van der Waals surface area contributed by atoms with E-state index in [0.29, 0.717) is 10.2 Å².